The van der Waals surface area contributed by atoms with Crippen molar-refractivity contribution in [3.63, 3.8) is 0 Å². The molecule has 0 saturated heterocycles. The number of nitrogens with zero attached hydrogens (tertiary/aromatic N) is 2. The minimum Gasteiger partial charge on any atom is -0.445 e. The zero-order chi connectivity index (χ0) is 28.2. The Morgan fingerprint density at radius 3 is 1.92 bits per heavy atom. The van der Waals surface area contributed by atoms with Gasteiger partial charge in [-0.1, -0.05) is 30.3 Å². The quantitative estimate of drug-likeness (QED) is 0.415. The molecule has 0 aliphatic carbocycles. The van der Waals surface area contributed by atoms with E-state index in [4.69, 9.17) is 14.2 Å². The van der Waals surface area contributed by atoms with Crippen molar-refractivity contribution in [3.8, 4) is 0 Å². The number of amides is 3. The van der Waals surface area contributed by atoms with Gasteiger partial charge in [-0.15, -0.1) is 0 Å². The Balaban J connectivity index is 2.61. The lowest BCUT2D eigenvalue weighted by atomic mass is 10.1. The minimum atomic E-state index is -1.02. The SMILES string of the molecule is CC(=O)[C@H](CCCN(C)CCNC(=O)OCc1ccccc1)N(C(=O)OC(C)(C)C)C(=O)OC(C)(C)C. The Morgan fingerprint density at radius 1 is 0.892 bits per heavy atom. The van der Waals surface area contributed by atoms with Gasteiger partial charge in [-0.2, -0.15) is 0 Å². The van der Waals surface area contributed by atoms with Crippen molar-refractivity contribution in [2.75, 3.05) is 26.7 Å². The van der Waals surface area contributed by atoms with Crippen LogP contribution in [-0.4, -0.2) is 77.8 Å². The lowest BCUT2D eigenvalue weighted by Crippen LogP contribution is -2.51. The van der Waals surface area contributed by atoms with Crippen LogP contribution >= 0.6 is 0 Å². The Morgan fingerprint density at radius 2 is 1.43 bits per heavy atom. The van der Waals surface area contributed by atoms with E-state index in [9.17, 15) is 19.2 Å². The average molecular weight is 522 g/mol. The number of benzene rings is 1. The molecule has 10 heteroatoms. The third kappa shape index (κ3) is 13.7. The molecule has 0 fully saturated rings. The molecule has 37 heavy (non-hydrogen) atoms. The zero-order valence-electron chi connectivity index (χ0n) is 23.5. The van der Waals surface area contributed by atoms with Crippen molar-refractivity contribution in [3.05, 3.63) is 35.9 Å². The third-order valence-corrected chi connectivity index (χ3v) is 4.95. The standard InChI is InChI=1S/C27H43N3O7/c1-20(31)22(30(24(33)36-26(2,3)4)25(34)37-27(5,6)7)15-12-17-29(8)18-16-28-23(32)35-19-21-13-10-9-11-14-21/h9-11,13-14,22H,12,15-19H2,1-8H3,(H,28,32)/t22-/m0/s1. The molecule has 1 atom stereocenters. The van der Waals surface area contributed by atoms with Crippen LogP contribution in [0.25, 0.3) is 0 Å². The zero-order valence-corrected chi connectivity index (χ0v) is 23.5. The number of hydrogen-bond donors (Lipinski definition) is 1. The van der Waals surface area contributed by atoms with E-state index in [1.807, 2.05) is 42.3 Å². The minimum absolute atomic E-state index is 0.195. The monoisotopic (exact) mass is 521 g/mol. The highest BCUT2D eigenvalue weighted by Crippen LogP contribution is 2.19. The molecule has 0 aromatic heterocycles. The van der Waals surface area contributed by atoms with E-state index in [2.05, 4.69) is 5.32 Å². The highest BCUT2D eigenvalue weighted by atomic mass is 16.6. The maximum Gasteiger partial charge on any atom is 0.420 e. The fourth-order valence-electron chi connectivity index (χ4n) is 3.25. The number of alkyl carbamates (subject to hydrolysis) is 1. The molecule has 1 aromatic carbocycles. The van der Waals surface area contributed by atoms with Crippen LogP contribution in [0.1, 0.15) is 66.9 Å². The smallest absolute Gasteiger partial charge is 0.420 e. The van der Waals surface area contributed by atoms with Crippen molar-refractivity contribution >= 4 is 24.1 Å². The third-order valence-electron chi connectivity index (χ3n) is 4.95. The van der Waals surface area contributed by atoms with E-state index in [1.54, 1.807) is 41.5 Å². The lowest BCUT2D eigenvalue weighted by Gasteiger charge is -2.32. The summed E-state index contributed by atoms with van der Waals surface area (Å²) < 4.78 is 16.0. The summed E-state index contributed by atoms with van der Waals surface area (Å²) in [4.78, 5) is 52.9. The molecule has 0 saturated carbocycles. The summed E-state index contributed by atoms with van der Waals surface area (Å²) >= 11 is 0. The van der Waals surface area contributed by atoms with Crippen LogP contribution in [0.3, 0.4) is 0 Å². The average Bonchev–Trinajstić information content (AvgIpc) is 2.75. The molecule has 0 heterocycles. The second-order valence-corrected chi connectivity index (χ2v) is 10.9. The van der Waals surface area contributed by atoms with Crippen molar-refractivity contribution in [2.24, 2.45) is 0 Å². The molecule has 1 rings (SSSR count). The number of carbonyl (C=O) groups is 4. The Hall–Kier alpha value is -3.14. The second kappa shape index (κ2) is 14.6. The van der Waals surface area contributed by atoms with Gasteiger partial charge in [-0.05, 0) is 80.5 Å². The van der Waals surface area contributed by atoms with Gasteiger partial charge in [-0.25, -0.2) is 19.3 Å². The van der Waals surface area contributed by atoms with Crippen LogP contribution < -0.4 is 5.32 Å². The summed E-state index contributed by atoms with van der Waals surface area (Å²) in [5.74, 6) is -0.345. The highest BCUT2D eigenvalue weighted by Gasteiger charge is 2.38. The van der Waals surface area contributed by atoms with E-state index in [-0.39, 0.29) is 18.8 Å². The van der Waals surface area contributed by atoms with Crippen molar-refractivity contribution < 1.29 is 33.4 Å². The van der Waals surface area contributed by atoms with Crippen LogP contribution in [0.15, 0.2) is 30.3 Å². The second-order valence-electron chi connectivity index (χ2n) is 10.9. The van der Waals surface area contributed by atoms with Gasteiger partial charge in [-0.3, -0.25) is 4.79 Å². The number of rotatable bonds is 11. The van der Waals surface area contributed by atoms with Crippen LogP contribution in [-0.2, 0) is 25.6 Å². The van der Waals surface area contributed by atoms with Gasteiger partial charge in [0.05, 0.1) is 0 Å². The number of imide groups is 1. The molecule has 0 spiro atoms. The number of hydrogen-bond acceptors (Lipinski definition) is 8. The number of carbonyl (C=O) groups excluding carboxylic acids is 4. The summed E-state index contributed by atoms with van der Waals surface area (Å²) in [6, 6.07) is 8.38. The molecule has 1 aromatic rings. The number of Topliss-reactive ketones (excluding diaryl/α,β-unsaturated/α-hetero) is 1. The molecule has 0 radical (unpaired) electrons. The molecule has 0 aliphatic rings. The molecule has 0 aliphatic heterocycles. The fraction of sp³-hybridized carbons (Fsp3) is 0.630. The topological polar surface area (TPSA) is 114 Å². The number of nitrogens with one attached hydrogen (secondary N) is 1. The van der Waals surface area contributed by atoms with E-state index in [0.717, 1.165) is 10.5 Å². The first-order valence-electron chi connectivity index (χ1n) is 12.5. The molecule has 10 nitrogen and oxygen atoms in total. The Labute approximate surface area is 220 Å². The van der Waals surface area contributed by atoms with Gasteiger partial charge >= 0.3 is 18.3 Å². The fourth-order valence-corrected chi connectivity index (χ4v) is 3.25. The molecule has 1 N–H and O–H groups in total. The van der Waals surface area contributed by atoms with Crippen molar-refractivity contribution in [1.29, 1.82) is 0 Å². The van der Waals surface area contributed by atoms with Gasteiger partial charge in [0.25, 0.3) is 0 Å². The van der Waals surface area contributed by atoms with E-state index in [0.29, 0.717) is 26.1 Å². The normalized spacial score (nSPS) is 12.5. The van der Waals surface area contributed by atoms with Crippen LogP contribution in [0, 0.1) is 0 Å². The number of ketones is 1. The molecular weight excluding hydrogens is 478 g/mol. The van der Waals surface area contributed by atoms with Gasteiger partial charge in [0.1, 0.15) is 23.9 Å². The first-order chi connectivity index (χ1) is 17.1. The molecule has 208 valence electrons. The summed E-state index contributed by atoms with van der Waals surface area (Å²) in [5, 5.41) is 2.71. The predicted molar refractivity (Wildman–Crippen MR) is 140 cm³/mol. The largest absolute Gasteiger partial charge is 0.445 e. The maximum absolute atomic E-state index is 12.9. The first-order valence-corrected chi connectivity index (χ1v) is 12.5. The molecular formula is C27H43N3O7. The van der Waals surface area contributed by atoms with E-state index >= 15 is 0 Å². The molecule has 0 unspecified atom stereocenters. The van der Waals surface area contributed by atoms with Crippen molar-refractivity contribution in [1.82, 2.24) is 15.1 Å². The summed E-state index contributed by atoms with van der Waals surface area (Å²) in [7, 11) is 1.87. The highest BCUT2D eigenvalue weighted by molar-refractivity contribution is 5.95. The summed E-state index contributed by atoms with van der Waals surface area (Å²) in [5.41, 5.74) is -0.802. The predicted octanol–water partition coefficient (Wildman–Crippen LogP) is 4.75. The van der Waals surface area contributed by atoms with Crippen LogP contribution in [0.5, 0.6) is 0 Å². The van der Waals surface area contributed by atoms with Gasteiger partial charge in [0, 0.05) is 13.1 Å². The summed E-state index contributed by atoms with van der Waals surface area (Å²) in [6.45, 7) is 13.1. The van der Waals surface area contributed by atoms with Crippen LogP contribution in [0.4, 0.5) is 14.4 Å². The van der Waals surface area contributed by atoms with Gasteiger partial charge in [0.2, 0.25) is 0 Å². The Bertz CT molecular complexity index is 864. The lowest BCUT2D eigenvalue weighted by molar-refractivity contribution is -0.122. The van der Waals surface area contributed by atoms with Gasteiger partial charge in [0.15, 0.2) is 5.78 Å². The van der Waals surface area contributed by atoms with E-state index < -0.39 is 35.5 Å². The maximum atomic E-state index is 12.9. The first kappa shape index (κ1) is 31.9. The van der Waals surface area contributed by atoms with Gasteiger partial charge < -0.3 is 24.4 Å². The van der Waals surface area contributed by atoms with E-state index in [1.165, 1.54) is 6.92 Å². The number of ether oxygens (including phenoxy) is 3. The molecule has 3 amide bonds. The number of likely N-dealkylation sites (N-methyl/N-ethyl adjacent to an activating group) is 1. The van der Waals surface area contributed by atoms with Crippen LogP contribution in [0.2, 0.25) is 0 Å². The summed E-state index contributed by atoms with van der Waals surface area (Å²) in [6.07, 6.45) is -1.59. The molecule has 0 bridgehead atoms. The van der Waals surface area contributed by atoms with Crippen molar-refractivity contribution in [2.45, 2.75) is 85.2 Å². The Kier molecular flexibility index (Phi) is 12.6.